The van der Waals surface area contributed by atoms with E-state index in [1.54, 1.807) is 57.4 Å². The molecule has 158 valence electrons. The summed E-state index contributed by atoms with van der Waals surface area (Å²) < 4.78 is 11.1. The van der Waals surface area contributed by atoms with Crippen molar-refractivity contribution in [3.63, 3.8) is 0 Å². The summed E-state index contributed by atoms with van der Waals surface area (Å²) in [5, 5.41) is 11.1. The van der Waals surface area contributed by atoms with E-state index in [4.69, 9.17) is 9.47 Å². The highest BCUT2D eigenvalue weighted by Gasteiger charge is 2.14. The smallest absolute Gasteiger partial charge is 0.273 e. The van der Waals surface area contributed by atoms with Gasteiger partial charge in [0.15, 0.2) is 23.9 Å². The minimum atomic E-state index is -0.510. The molecule has 0 heterocycles. The molecule has 0 unspecified atom stereocenters. The Balaban J connectivity index is 2.19. The van der Waals surface area contributed by atoms with E-state index in [1.807, 2.05) is 6.92 Å². The number of hydrogen-bond acceptors (Lipinski definition) is 6. The van der Waals surface area contributed by atoms with Gasteiger partial charge < -0.3 is 14.4 Å². The third kappa shape index (κ3) is 5.91. The van der Waals surface area contributed by atoms with Gasteiger partial charge in [0.25, 0.3) is 11.6 Å². The standard InChI is InChI=1S/C22H24N2O6/c1-5-29-21-12-16(8-11-20(21)30-14-22(26)23(3)4)7-10-19(25)17-9-6-15(2)18(13-17)24(27)28/h6-13H,5,14H2,1-4H3/b10-7+. The molecule has 0 fully saturated rings. The number of carbonyl (C=O) groups excluding carboxylic acids is 2. The first kappa shape index (κ1) is 22.6. The van der Waals surface area contributed by atoms with Crippen molar-refractivity contribution in [1.29, 1.82) is 0 Å². The number of nitro benzene ring substituents is 1. The molecule has 0 aliphatic heterocycles. The first-order valence-corrected chi connectivity index (χ1v) is 9.30. The van der Waals surface area contributed by atoms with Crippen LogP contribution in [-0.4, -0.2) is 48.8 Å². The number of ketones is 1. The predicted molar refractivity (Wildman–Crippen MR) is 113 cm³/mol. The molecule has 0 aromatic heterocycles. The van der Waals surface area contributed by atoms with E-state index in [0.29, 0.717) is 29.2 Å². The minimum absolute atomic E-state index is 0.0957. The maximum absolute atomic E-state index is 12.4. The van der Waals surface area contributed by atoms with Crippen molar-refractivity contribution in [3.8, 4) is 11.5 Å². The zero-order valence-corrected chi connectivity index (χ0v) is 17.4. The zero-order chi connectivity index (χ0) is 22.3. The van der Waals surface area contributed by atoms with Crippen molar-refractivity contribution < 1.29 is 24.0 Å². The van der Waals surface area contributed by atoms with E-state index in [-0.39, 0.29) is 29.5 Å². The summed E-state index contributed by atoms with van der Waals surface area (Å²) in [6.07, 6.45) is 2.93. The van der Waals surface area contributed by atoms with E-state index in [0.717, 1.165) is 0 Å². The fraction of sp³-hybridized carbons (Fsp3) is 0.273. The number of aryl methyl sites for hydroxylation is 1. The Morgan fingerprint density at radius 1 is 1.10 bits per heavy atom. The van der Waals surface area contributed by atoms with Gasteiger partial charge in [0.1, 0.15) is 0 Å². The van der Waals surface area contributed by atoms with Gasteiger partial charge in [-0.1, -0.05) is 24.3 Å². The molecule has 0 aliphatic rings. The SMILES string of the molecule is CCOc1cc(/C=C/C(=O)c2ccc(C)c([N+](=O)[O-])c2)ccc1OCC(=O)N(C)C. The maximum atomic E-state index is 12.4. The highest BCUT2D eigenvalue weighted by molar-refractivity contribution is 6.07. The number of likely N-dealkylation sites (N-methyl/N-ethyl adjacent to an activating group) is 1. The Morgan fingerprint density at radius 3 is 2.47 bits per heavy atom. The molecule has 2 aromatic rings. The maximum Gasteiger partial charge on any atom is 0.273 e. The molecule has 0 atom stereocenters. The highest BCUT2D eigenvalue weighted by Crippen LogP contribution is 2.29. The van der Waals surface area contributed by atoms with E-state index in [2.05, 4.69) is 0 Å². The van der Waals surface area contributed by atoms with E-state index in [1.165, 1.54) is 17.0 Å². The van der Waals surface area contributed by atoms with Gasteiger partial charge in [-0.25, -0.2) is 0 Å². The summed E-state index contributed by atoms with van der Waals surface area (Å²) in [5.74, 6) is 0.335. The van der Waals surface area contributed by atoms with Crippen LogP contribution in [0.25, 0.3) is 6.08 Å². The van der Waals surface area contributed by atoms with Crippen molar-refractivity contribution in [2.24, 2.45) is 0 Å². The van der Waals surface area contributed by atoms with Crippen molar-refractivity contribution in [2.75, 3.05) is 27.3 Å². The number of rotatable bonds is 9. The average molecular weight is 412 g/mol. The Bertz CT molecular complexity index is 982. The molecule has 0 bridgehead atoms. The lowest BCUT2D eigenvalue weighted by molar-refractivity contribution is -0.385. The molecule has 0 saturated heterocycles. The molecule has 0 N–H and O–H groups in total. The summed E-state index contributed by atoms with van der Waals surface area (Å²) >= 11 is 0. The number of allylic oxidation sites excluding steroid dienone is 1. The van der Waals surface area contributed by atoms with Crippen molar-refractivity contribution >= 4 is 23.5 Å². The lowest BCUT2D eigenvalue weighted by atomic mass is 10.1. The van der Waals surface area contributed by atoms with E-state index < -0.39 is 4.92 Å². The molecule has 0 radical (unpaired) electrons. The normalized spacial score (nSPS) is 10.7. The van der Waals surface area contributed by atoms with Crippen LogP contribution in [-0.2, 0) is 4.79 Å². The number of ether oxygens (including phenoxy) is 2. The minimum Gasteiger partial charge on any atom is -0.490 e. The highest BCUT2D eigenvalue weighted by atomic mass is 16.6. The van der Waals surface area contributed by atoms with Gasteiger partial charge in [-0.3, -0.25) is 19.7 Å². The zero-order valence-electron chi connectivity index (χ0n) is 17.4. The van der Waals surface area contributed by atoms with Crippen LogP contribution in [0.2, 0.25) is 0 Å². The third-order valence-corrected chi connectivity index (χ3v) is 4.24. The lowest BCUT2D eigenvalue weighted by Crippen LogP contribution is -2.27. The van der Waals surface area contributed by atoms with E-state index >= 15 is 0 Å². The molecule has 8 heteroatoms. The second kappa shape index (κ2) is 10.2. The van der Waals surface area contributed by atoms with Crippen molar-refractivity contribution in [1.82, 2.24) is 4.90 Å². The Labute approximate surface area is 174 Å². The van der Waals surface area contributed by atoms with Crippen LogP contribution < -0.4 is 9.47 Å². The number of nitro groups is 1. The van der Waals surface area contributed by atoms with Gasteiger partial charge in [-0.2, -0.15) is 0 Å². The number of benzene rings is 2. The first-order valence-electron chi connectivity index (χ1n) is 9.30. The van der Waals surface area contributed by atoms with Crippen LogP contribution in [0.3, 0.4) is 0 Å². The molecule has 0 spiro atoms. The summed E-state index contributed by atoms with van der Waals surface area (Å²) in [7, 11) is 3.28. The molecule has 1 amide bonds. The van der Waals surface area contributed by atoms with Crippen LogP contribution in [0.1, 0.15) is 28.4 Å². The Morgan fingerprint density at radius 2 is 1.83 bits per heavy atom. The molecule has 2 rings (SSSR count). The van der Waals surface area contributed by atoms with Gasteiger partial charge in [-0.15, -0.1) is 0 Å². The summed E-state index contributed by atoms with van der Waals surface area (Å²) in [4.78, 5) is 36.1. The second-order valence-corrected chi connectivity index (χ2v) is 6.67. The van der Waals surface area contributed by atoms with Crippen molar-refractivity contribution in [2.45, 2.75) is 13.8 Å². The van der Waals surface area contributed by atoms with Crippen LogP contribution >= 0.6 is 0 Å². The quantitative estimate of drug-likeness (QED) is 0.270. The molecule has 0 saturated carbocycles. The summed E-state index contributed by atoms with van der Waals surface area (Å²) in [6, 6.07) is 9.45. The van der Waals surface area contributed by atoms with Gasteiger partial charge in [-0.05, 0) is 37.6 Å². The summed E-state index contributed by atoms with van der Waals surface area (Å²) in [6.45, 7) is 3.72. The fourth-order valence-corrected chi connectivity index (χ4v) is 2.51. The average Bonchev–Trinajstić information content (AvgIpc) is 2.71. The predicted octanol–water partition coefficient (Wildman–Crippen LogP) is 3.67. The second-order valence-electron chi connectivity index (χ2n) is 6.67. The number of hydrogen-bond donors (Lipinski definition) is 0. The molecule has 8 nitrogen and oxygen atoms in total. The summed E-state index contributed by atoms with van der Waals surface area (Å²) in [5.41, 5.74) is 1.31. The monoisotopic (exact) mass is 412 g/mol. The van der Waals surface area contributed by atoms with Crippen LogP contribution in [0.15, 0.2) is 42.5 Å². The third-order valence-electron chi connectivity index (χ3n) is 4.24. The molecular weight excluding hydrogens is 388 g/mol. The Kier molecular flexibility index (Phi) is 7.69. The topological polar surface area (TPSA) is 99.0 Å². The Hall–Kier alpha value is -3.68. The van der Waals surface area contributed by atoms with E-state index in [9.17, 15) is 19.7 Å². The largest absolute Gasteiger partial charge is 0.490 e. The first-order chi connectivity index (χ1) is 14.2. The van der Waals surface area contributed by atoms with Gasteiger partial charge >= 0.3 is 0 Å². The number of nitrogens with zero attached hydrogens (tertiary/aromatic N) is 2. The fourth-order valence-electron chi connectivity index (χ4n) is 2.51. The van der Waals surface area contributed by atoms with Crippen LogP contribution in [0, 0.1) is 17.0 Å². The van der Waals surface area contributed by atoms with Crippen LogP contribution in [0.4, 0.5) is 5.69 Å². The van der Waals surface area contributed by atoms with Gasteiger partial charge in [0, 0.05) is 31.3 Å². The molecule has 30 heavy (non-hydrogen) atoms. The van der Waals surface area contributed by atoms with Crippen LogP contribution in [0.5, 0.6) is 11.5 Å². The lowest BCUT2D eigenvalue weighted by Gasteiger charge is -2.14. The molecule has 0 aliphatic carbocycles. The van der Waals surface area contributed by atoms with Gasteiger partial charge in [0.05, 0.1) is 11.5 Å². The van der Waals surface area contributed by atoms with Crippen molar-refractivity contribution in [3.05, 3.63) is 69.3 Å². The molecule has 2 aromatic carbocycles. The number of carbonyl (C=O) groups is 2. The van der Waals surface area contributed by atoms with Gasteiger partial charge in [0.2, 0.25) is 0 Å². The molecular formula is C22H24N2O6. The number of amides is 1.